The van der Waals surface area contributed by atoms with E-state index in [0.29, 0.717) is 5.40 Å². The van der Waals surface area contributed by atoms with Gasteiger partial charge in [-0.2, -0.15) is 26.9 Å². The van der Waals surface area contributed by atoms with E-state index in [-0.39, 0.29) is 0 Å². The van der Waals surface area contributed by atoms with Crippen LogP contribution in [0.5, 0.6) is 0 Å². The van der Waals surface area contributed by atoms with Gasteiger partial charge in [-0.3, -0.25) is 4.55 Å². The van der Waals surface area contributed by atoms with E-state index in [0.717, 1.165) is 0 Å². The predicted molar refractivity (Wildman–Crippen MR) is 53.2 cm³/mol. The zero-order valence-corrected chi connectivity index (χ0v) is 10.8. The maximum absolute atomic E-state index is 13.6. The van der Waals surface area contributed by atoms with Crippen molar-refractivity contribution >= 4 is 20.9 Å². The first-order valence-corrected chi connectivity index (χ1v) is 6.99. The fourth-order valence-electron chi connectivity index (χ4n) is 1.32. The maximum atomic E-state index is 13.6. The second kappa shape index (κ2) is 5.28. The lowest BCUT2D eigenvalue weighted by Gasteiger charge is -2.15. The van der Waals surface area contributed by atoms with Crippen LogP contribution in [0.3, 0.4) is 0 Å². The van der Waals surface area contributed by atoms with E-state index < -0.39 is 59.9 Å². The van der Waals surface area contributed by atoms with E-state index in [4.69, 9.17) is 9.81 Å². The Balaban J connectivity index is 4.15. The van der Waals surface area contributed by atoms with Crippen LogP contribution in [0.1, 0.15) is 5.56 Å². The van der Waals surface area contributed by atoms with Crippen LogP contribution in [0.15, 0.2) is 9.79 Å². The topological polar surface area (TPSA) is 95.2 Å². The van der Waals surface area contributed by atoms with Gasteiger partial charge in [-0.25, -0.2) is 17.4 Å². The average molecular weight is 353 g/mol. The van der Waals surface area contributed by atoms with Gasteiger partial charge in [-0.15, -0.1) is 0 Å². The molecule has 1 rings (SSSR count). The van der Waals surface area contributed by atoms with Gasteiger partial charge in [-0.05, 0) is 0 Å². The molecule has 1 aromatic rings. The number of halogens is 6. The van der Waals surface area contributed by atoms with Crippen molar-refractivity contribution in [3.8, 4) is 5.40 Å². The molecule has 0 amide bonds. The Morgan fingerprint density at radius 3 is 1.90 bits per heavy atom. The highest BCUT2D eigenvalue weighted by molar-refractivity contribution is 7.89. The highest BCUT2D eigenvalue weighted by Crippen LogP contribution is 2.40. The van der Waals surface area contributed by atoms with Crippen molar-refractivity contribution in [2.45, 2.75) is 16.0 Å². The molecule has 0 aliphatic heterocycles. The average Bonchev–Trinajstić information content (AvgIpc) is 2.29. The van der Waals surface area contributed by atoms with Crippen molar-refractivity contribution in [2.75, 3.05) is 0 Å². The van der Waals surface area contributed by atoms with Gasteiger partial charge in [0.1, 0.15) is 10.5 Å². The van der Waals surface area contributed by atoms with E-state index in [1.54, 1.807) is 0 Å². The Bertz CT molecular complexity index is 780. The summed E-state index contributed by atoms with van der Waals surface area (Å²) in [7, 11) is -9.35. The number of benzene rings is 1. The molecule has 0 fully saturated rings. The minimum absolute atomic E-state index is 0.634. The lowest BCUT2D eigenvalue weighted by Crippen LogP contribution is -2.20. The molecule has 116 valence electrons. The Kier molecular flexibility index (Phi) is 4.37. The molecular weight excluding hydrogens is 352 g/mol. The number of rotatable bonds is 2. The standard InChI is InChI=1S/C8HF6NO4S2/c9-3-2(8(12,13)14)6(20(16)1-15)4(10)5(11)7(3)21(17,18)19/h(H,17,18,19). The van der Waals surface area contributed by atoms with Gasteiger partial charge < -0.3 is 0 Å². The number of thiocyanates is 1. The molecule has 0 radical (unpaired) electrons. The third-order valence-electron chi connectivity index (χ3n) is 2.05. The zero-order chi connectivity index (χ0) is 16.7. The van der Waals surface area contributed by atoms with Gasteiger partial charge in [0.2, 0.25) is 0 Å². The van der Waals surface area contributed by atoms with E-state index in [1.165, 1.54) is 0 Å². The normalized spacial score (nSPS) is 13.8. The first kappa shape index (κ1) is 17.4. The summed E-state index contributed by atoms with van der Waals surface area (Å²) in [6.45, 7) is 0. The molecule has 0 aromatic heterocycles. The van der Waals surface area contributed by atoms with Crippen molar-refractivity contribution in [1.29, 1.82) is 5.26 Å². The van der Waals surface area contributed by atoms with E-state index in [1.807, 2.05) is 0 Å². The second-order valence-corrected chi connectivity index (χ2v) is 5.79. The highest BCUT2D eigenvalue weighted by atomic mass is 32.2. The van der Waals surface area contributed by atoms with Crippen LogP contribution >= 0.6 is 0 Å². The maximum Gasteiger partial charge on any atom is 0.420 e. The first-order valence-electron chi connectivity index (χ1n) is 4.40. The molecule has 0 spiro atoms. The Labute approximate surface area is 115 Å². The summed E-state index contributed by atoms with van der Waals surface area (Å²) in [5, 5.41) is 8.85. The zero-order valence-electron chi connectivity index (χ0n) is 9.20. The Hall–Kier alpha value is -1.65. The molecule has 0 aliphatic rings. The van der Waals surface area contributed by atoms with Crippen LogP contribution in [0.2, 0.25) is 0 Å². The van der Waals surface area contributed by atoms with Crippen LogP contribution in [-0.4, -0.2) is 17.2 Å². The molecule has 1 atom stereocenters. The highest BCUT2D eigenvalue weighted by Gasteiger charge is 2.45. The second-order valence-electron chi connectivity index (χ2n) is 3.31. The van der Waals surface area contributed by atoms with Crippen molar-refractivity contribution in [2.24, 2.45) is 0 Å². The molecule has 5 nitrogen and oxygen atoms in total. The Morgan fingerprint density at radius 1 is 1.10 bits per heavy atom. The lowest BCUT2D eigenvalue weighted by molar-refractivity contribution is -0.143. The summed E-state index contributed by atoms with van der Waals surface area (Å²) < 4.78 is 119. The summed E-state index contributed by atoms with van der Waals surface area (Å²) in [6.07, 6.45) is -5.81. The first-order chi connectivity index (χ1) is 9.34. The fraction of sp³-hybridized carbons (Fsp3) is 0.125. The van der Waals surface area contributed by atoms with Crippen LogP contribution in [0.4, 0.5) is 26.3 Å². The summed E-state index contributed by atoms with van der Waals surface area (Å²) in [6, 6.07) is 0. The Morgan fingerprint density at radius 2 is 1.57 bits per heavy atom. The summed E-state index contributed by atoms with van der Waals surface area (Å²) >= 11 is 0. The van der Waals surface area contributed by atoms with Crippen molar-refractivity contribution in [1.82, 2.24) is 0 Å². The van der Waals surface area contributed by atoms with E-state index >= 15 is 0 Å². The molecule has 1 unspecified atom stereocenters. The molecule has 13 heteroatoms. The predicted octanol–water partition coefficient (Wildman–Crippen LogP) is 1.96. The van der Waals surface area contributed by atoms with Gasteiger partial charge in [0.25, 0.3) is 0 Å². The molecular formula is C8HF6NO4S2. The van der Waals surface area contributed by atoms with Gasteiger partial charge in [0.05, 0.1) is 0 Å². The molecule has 0 heterocycles. The van der Waals surface area contributed by atoms with Crippen LogP contribution < -0.4 is 0 Å². The van der Waals surface area contributed by atoms with Gasteiger partial charge in [0.15, 0.2) is 38.5 Å². The molecule has 0 saturated heterocycles. The molecule has 21 heavy (non-hydrogen) atoms. The number of hydrogen-bond donors (Lipinski definition) is 1. The number of alkyl halides is 3. The van der Waals surface area contributed by atoms with Crippen LogP contribution in [-0.2, 0) is 27.1 Å². The number of nitriles is 1. The van der Waals surface area contributed by atoms with E-state index in [9.17, 15) is 39.0 Å². The largest absolute Gasteiger partial charge is 0.420 e. The van der Waals surface area contributed by atoms with Crippen molar-refractivity contribution in [3.05, 3.63) is 23.0 Å². The third-order valence-corrected chi connectivity index (χ3v) is 3.84. The minimum Gasteiger partial charge on any atom is -0.282 e. The SMILES string of the molecule is N#CS(=O)c1c(F)c(F)c(S(=O)(=O)O)c(F)c1C(F)(F)F. The third kappa shape index (κ3) is 3.01. The summed E-state index contributed by atoms with van der Waals surface area (Å²) in [4.78, 5) is -4.79. The number of nitrogens with zero attached hydrogens (tertiary/aromatic N) is 1. The lowest BCUT2D eigenvalue weighted by atomic mass is 10.2. The quantitative estimate of drug-likeness (QED) is 0.380. The molecule has 1 N–H and O–H groups in total. The number of hydrogen-bond acceptors (Lipinski definition) is 4. The summed E-state index contributed by atoms with van der Waals surface area (Å²) in [5.41, 5.74) is -2.76. The van der Waals surface area contributed by atoms with Crippen molar-refractivity contribution < 1.29 is 43.5 Å². The monoisotopic (exact) mass is 353 g/mol. The van der Waals surface area contributed by atoms with Gasteiger partial charge in [0, 0.05) is 0 Å². The van der Waals surface area contributed by atoms with Gasteiger partial charge >= 0.3 is 16.3 Å². The molecule has 0 aliphatic carbocycles. The minimum atomic E-state index is -5.89. The van der Waals surface area contributed by atoms with Gasteiger partial charge in [-0.1, -0.05) is 0 Å². The van der Waals surface area contributed by atoms with Crippen molar-refractivity contribution in [3.63, 3.8) is 0 Å². The van der Waals surface area contributed by atoms with Crippen LogP contribution in [0.25, 0.3) is 0 Å². The molecule has 0 saturated carbocycles. The fourth-order valence-corrected chi connectivity index (χ4v) is 2.70. The smallest absolute Gasteiger partial charge is 0.282 e. The van der Waals surface area contributed by atoms with Crippen LogP contribution in [0, 0.1) is 28.1 Å². The summed E-state index contributed by atoms with van der Waals surface area (Å²) in [5.74, 6) is -8.29. The molecule has 0 bridgehead atoms. The molecule has 1 aromatic carbocycles. The van der Waals surface area contributed by atoms with E-state index in [2.05, 4.69) is 0 Å².